The minimum absolute atomic E-state index is 0.00879. The van der Waals surface area contributed by atoms with Crippen LogP contribution < -0.4 is 4.74 Å². The summed E-state index contributed by atoms with van der Waals surface area (Å²) in [5.74, 6) is 0.234. The predicted molar refractivity (Wildman–Crippen MR) is 106 cm³/mol. The molecule has 0 amide bonds. The molecule has 3 aromatic heterocycles. The second-order valence-electron chi connectivity index (χ2n) is 7.06. The molecular weight excluding hydrogens is 393 g/mol. The van der Waals surface area contributed by atoms with Crippen molar-refractivity contribution < 1.29 is 17.9 Å². The molecule has 0 N–H and O–H groups in total. The van der Waals surface area contributed by atoms with E-state index in [0.29, 0.717) is 0 Å². The summed E-state index contributed by atoms with van der Waals surface area (Å²) >= 11 is 0. The normalized spacial score (nSPS) is 11.9. The zero-order valence-corrected chi connectivity index (χ0v) is 16.4. The van der Waals surface area contributed by atoms with Crippen molar-refractivity contribution in [1.82, 2.24) is 19.2 Å². The number of imidazole rings is 1. The van der Waals surface area contributed by atoms with Gasteiger partial charge in [0.25, 0.3) is 0 Å². The number of benzene rings is 1. The van der Waals surface area contributed by atoms with Gasteiger partial charge in [-0.3, -0.25) is 0 Å². The minimum Gasteiger partial charge on any atom is -0.472 e. The number of aromatic nitrogens is 4. The van der Waals surface area contributed by atoms with Gasteiger partial charge in [-0.15, -0.1) is 5.10 Å². The minimum atomic E-state index is -4.58. The van der Waals surface area contributed by atoms with Crippen LogP contribution in [0.4, 0.5) is 13.2 Å². The summed E-state index contributed by atoms with van der Waals surface area (Å²) < 4.78 is 49.6. The molecule has 0 radical (unpaired) electrons. The van der Waals surface area contributed by atoms with E-state index < -0.39 is 11.9 Å². The molecule has 0 atom stereocenters. The van der Waals surface area contributed by atoms with Crippen LogP contribution in [0.15, 0.2) is 60.9 Å². The lowest BCUT2D eigenvalue weighted by Gasteiger charge is -2.09. The third-order valence-corrected chi connectivity index (χ3v) is 4.73. The molecule has 156 valence electrons. The van der Waals surface area contributed by atoms with Crippen molar-refractivity contribution >= 4 is 5.65 Å². The molecule has 4 aromatic rings. The largest absolute Gasteiger partial charge is 0.472 e. The number of nitrogens with zero attached hydrogens (tertiary/aromatic N) is 4. The van der Waals surface area contributed by atoms with Gasteiger partial charge in [0.05, 0.1) is 12.2 Å². The lowest BCUT2D eigenvalue weighted by Crippen LogP contribution is -2.13. The van der Waals surface area contributed by atoms with Gasteiger partial charge in [-0.25, -0.2) is 9.50 Å². The SMILES string of the molecule is CCCc1ccn(Cc2c(C(F)(F)F)nc3ccc(OCc4ccccc4)nn23)c1. The molecule has 8 heteroatoms. The maximum absolute atomic E-state index is 13.6. The third-order valence-electron chi connectivity index (χ3n) is 4.73. The van der Waals surface area contributed by atoms with Crippen LogP contribution in [0.2, 0.25) is 0 Å². The highest BCUT2D eigenvalue weighted by Crippen LogP contribution is 2.32. The molecular formula is C22H21F3N4O. The highest BCUT2D eigenvalue weighted by Gasteiger charge is 2.38. The van der Waals surface area contributed by atoms with E-state index in [-0.39, 0.29) is 30.4 Å². The number of ether oxygens (including phenoxy) is 1. The zero-order chi connectivity index (χ0) is 21.1. The lowest BCUT2D eigenvalue weighted by atomic mass is 10.2. The average Bonchev–Trinajstić information content (AvgIpc) is 3.32. The molecule has 0 spiro atoms. The van der Waals surface area contributed by atoms with Crippen molar-refractivity contribution in [1.29, 1.82) is 0 Å². The van der Waals surface area contributed by atoms with E-state index >= 15 is 0 Å². The van der Waals surface area contributed by atoms with E-state index in [0.717, 1.165) is 24.0 Å². The highest BCUT2D eigenvalue weighted by molar-refractivity contribution is 5.44. The molecule has 0 aliphatic rings. The number of rotatable bonds is 7. The number of hydrogen-bond acceptors (Lipinski definition) is 3. The van der Waals surface area contributed by atoms with E-state index in [9.17, 15) is 13.2 Å². The first-order chi connectivity index (χ1) is 14.4. The summed E-state index contributed by atoms with van der Waals surface area (Å²) in [6, 6.07) is 14.4. The van der Waals surface area contributed by atoms with Crippen LogP contribution in [0.25, 0.3) is 5.65 Å². The van der Waals surface area contributed by atoms with Gasteiger partial charge in [0.15, 0.2) is 11.3 Å². The maximum Gasteiger partial charge on any atom is 0.435 e. The van der Waals surface area contributed by atoms with Gasteiger partial charge in [0.2, 0.25) is 5.88 Å². The Hall–Kier alpha value is -3.29. The van der Waals surface area contributed by atoms with E-state index in [1.54, 1.807) is 10.8 Å². The second-order valence-corrected chi connectivity index (χ2v) is 7.06. The Morgan fingerprint density at radius 3 is 2.53 bits per heavy atom. The lowest BCUT2D eigenvalue weighted by molar-refractivity contribution is -0.141. The Bertz CT molecular complexity index is 1130. The van der Waals surface area contributed by atoms with Crippen molar-refractivity contribution in [2.45, 2.75) is 39.1 Å². The van der Waals surface area contributed by atoms with Crippen LogP contribution in [-0.4, -0.2) is 19.2 Å². The molecule has 0 fully saturated rings. The topological polar surface area (TPSA) is 44.3 Å². The Morgan fingerprint density at radius 1 is 1.00 bits per heavy atom. The van der Waals surface area contributed by atoms with E-state index in [2.05, 4.69) is 17.0 Å². The van der Waals surface area contributed by atoms with Crippen LogP contribution in [0.5, 0.6) is 5.88 Å². The Labute approximate surface area is 171 Å². The fraction of sp³-hybridized carbons (Fsp3) is 0.273. The molecule has 5 nitrogen and oxygen atoms in total. The van der Waals surface area contributed by atoms with Crippen LogP contribution >= 0.6 is 0 Å². The van der Waals surface area contributed by atoms with Gasteiger partial charge >= 0.3 is 6.18 Å². The van der Waals surface area contributed by atoms with E-state index in [1.807, 2.05) is 42.6 Å². The number of hydrogen-bond donors (Lipinski definition) is 0. The van der Waals surface area contributed by atoms with Crippen molar-refractivity contribution in [3.63, 3.8) is 0 Å². The van der Waals surface area contributed by atoms with Crippen LogP contribution in [0.3, 0.4) is 0 Å². The molecule has 0 aliphatic heterocycles. The number of halogens is 3. The number of aryl methyl sites for hydroxylation is 1. The molecule has 0 saturated carbocycles. The first-order valence-electron chi connectivity index (χ1n) is 9.71. The van der Waals surface area contributed by atoms with Crippen molar-refractivity contribution in [2.75, 3.05) is 0 Å². The van der Waals surface area contributed by atoms with E-state index in [4.69, 9.17) is 4.74 Å². The summed E-state index contributed by atoms with van der Waals surface area (Å²) in [5, 5.41) is 4.28. The Morgan fingerprint density at radius 2 is 1.80 bits per heavy atom. The summed E-state index contributed by atoms with van der Waals surface area (Å²) in [6.07, 6.45) is 0.908. The first-order valence-corrected chi connectivity index (χ1v) is 9.71. The standard InChI is InChI=1S/C22H21F3N4O/c1-2-6-16-11-12-28(13-16)14-18-21(22(23,24)25)26-19-9-10-20(27-29(18)19)30-15-17-7-4-3-5-8-17/h3-5,7-13H,2,6,14-15H2,1H3. The monoisotopic (exact) mass is 414 g/mol. The second kappa shape index (κ2) is 8.22. The smallest absolute Gasteiger partial charge is 0.435 e. The molecule has 3 heterocycles. The molecule has 4 rings (SSSR count). The van der Waals surface area contributed by atoms with Crippen molar-refractivity contribution in [3.8, 4) is 5.88 Å². The predicted octanol–water partition coefficient (Wildman–Crippen LogP) is 5.13. The van der Waals surface area contributed by atoms with Gasteiger partial charge < -0.3 is 9.30 Å². The molecule has 30 heavy (non-hydrogen) atoms. The van der Waals surface area contributed by atoms with Gasteiger partial charge in [0, 0.05) is 18.5 Å². The van der Waals surface area contributed by atoms with Crippen LogP contribution in [-0.2, 0) is 25.7 Å². The van der Waals surface area contributed by atoms with Gasteiger partial charge in [-0.05, 0) is 29.7 Å². The average molecular weight is 414 g/mol. The van der Waals surface area contributed by atoms with Gasteiger partial charge in [-0.2, -0.15) is 13.2 Å². The maximum atomic E-state index is 13.6. The van der Waals surface area contributed by atoms with Gasteiger partial charge in [0.1, 0.15) is 6.61 Å². The summed E-state index contributed by atoms with van der Waals surface area (Å²) in [5.41, 5.74) is 1.20. The Balaban J connectivity index is 1.67. The van der Waals surface area contributed by atoms with Crippen LogP contribution in [0, 0.1) is 0 Å². The number of fused-ring (bicyclic) bond motifs is 1. The van der Waals surface area contributed by atoms with E-state index in [1.165, 1.54) is 16.6 Å². The third kappa shape index (κ3) is 4.32. The highest BCUT2D eigenvalue weighted by atomic mass is 19.4. The first kappa shape index (κ1) is 20.0. The molecule has 0 saturated heterocycles. The van der Waals surface area contributed by atoms with Gasteiger partial charge in [-0.1, -0.05) is 43.7 Å². The molecule has 0 aliphatic carbocycles. The zero-order valence-electron chi connectivity index (χ0n) is 16.4. The summed E-state index contributed by atoms with van der Waals surface area (Å²) in [6.45, 7) is 2.34. The fourth-order valence-corrected chi connectivity index (χ4v) is 3.34. The summed E-state index contributed by atoms with van der Waals surface area (Å²) in [4.78, 5) is 3.79. The number of alkyl halides is 3. The molecule has 1 aromatic carbocycles. The van der Waals surface area contributed by atoms with Crippen molar-refractivity contribution in [2.24, 2.45) is 0 Å². The Kier molecular flexibility index (Phi) is 5.48. The summed E-state index contributed by atoms with van der Waals surface area (Å²) in [7, 11) is 0. The van der Waals surface area contributed by atoms with Crippen molar-refractivity contribution in [3.05, 3.63) is 83.4 Å². The van der Waals surface area contributed by atoms with Crippen LogP contribution in [0.1, 0.15) is 35.9 Å². The fourth-order valence-electron chi connectivity index (χ4n) is 3.34. The molecule has 0 unspecified atom stereocenters. The quantitative estimate of drug-likeness (QED) is 0.421. The molecule has 0 bridgehead atoms.